The van der Waals surface area contributed by atoms with Crippen molar-refractivity contribution >= 4 is 17.5 Å². The van der Waals surface area contributed by atoms with Crippen LogP contribution in [-0.2, 0) is 4.79 Å². The Bertz CT molecular complexity index is 737. The van der Waals surface area contributed by atoms with Crippen molar-refractivity contribution in [2.24, 2.45) is 0 Å². The highest BCUT2D eigenvalue weighted by atomic mass is 16.3. The first kappa shape index (κ1) is 16.8. The molecule has 23 heavy (non-hydrogen) atoms. The van der Waals surface area contributed by atoms with E-state index in [1.165, 1.54) is 0 Å². The van der Waals surface area contributed by atoms with Gasteiger partial charge < -0.3 is 15.1 Å². The lowest BCUT2D eigenvalue weighted by Gasteiger charge is -2.13. The fourth-order valence-electron chi connectivity index (χ4n) is 2.67. The van der Waals surface area contributed by atoms with Gasteiger partial charge in [-0.3, -0.25) is 9.59 Å². The van der Waals surface area contributed by atoms with Gasteiger partial charge in [0.25, 0.3) is 5.91 Å². The van der Waals surface area contributed by atoms with E-state index in [0.717, 1.165) is 22.4 Å². The normalized spacial score (nSPS) is 10.5. The zero-order chi connectivity index (χ0) is 17.1. The van der Waals surface area contributed by atoms with Gasteiger partial charge in [-0.2, -0.15) is 0 Å². The minimum Gasteiger partial charge on any atom is -0.466 e. The number of anilines is 1. The molecule has 0 bridgehead atoms. The maximum absolute atomic E-state index is 12.1. The van der Waals surface area contributed by atoms with Gasteiger partial charge in [0, 0.05) is 5.69 Å². The van der Waals surface area contributed by atoms with Crippen LogP contribution >= 0.6 is 0 Å². The average molecular weight is 314 g/mol. The third kappa shape index (κ3) is 4.00. The van der Waals surface area contributed by atoms with E-state index in [2.05, 4.69) is 10.6 Å². The smallest absolute Gasteiger partial charge is 0.255 e. The van der Waals surface area contributed by atoms with Crippen molar-refractivity contribution in [1.82, 2.24) is 5.32 Å². The molecule has 0 atom stereocenters. The summed E-state index contributed by atoms with van der Waals surface area (Å²) in [5.74, 6) is 0.645. The molecule has 1 aromatic heterocycles. The largest absolute Gasteiger partial charge is 0.466 e. The molecular weight excluding hydrogens is 292 g/mol. The number of hydrogen-bond acceptors (Lipinski definition) is 3. The maximum Gasteiger partial charge on any atom is 0.255 e. The first-order chi connectivity index (χ1) is 10.8. The summed E-state index contributed by atoms with van der Waals surface area (Å²) >= 11 is 0. The Morgan fingerprint density at radius 1 is 1.00 bits per heavy atom. The van der Waals surface area contributed by atoms with Gasteiger partial charge in [-0.25, -0.2) is 0 Å². The lowest BCUT2D eigenvalue weighted by molar-refractivity contribution is -0.115. The van der Waals surface area contributed by atoms with Crippen LogP contribution in [0, 0.1) is 34.6 Å². The molecule has 0 fully saturated rings. The van der Waals surface area contributed by atoms with Crippen molar-refractivity contribution in [3.05, 3.63) is 52.0 Å². The molecule has 0 spiro atoms. The fraction of sp³-hybridized carbons (Fsp3) is 0.333. The topological polar surface area (TPSA) is 71.3 Å². The molecule has 5 heteroatoms. The summed E-state index contributed by atoms with van der Waals surface area (Å²) < 4.78 is 5.32. The average Bonchev–Trinajstić information content (AvgIpc) is 2.79. The third-order valence-corrected chi connectivity index (χ3v) is 3.64. The molecular formula is C18H22N2O3. The van der Waals surface area contributed by atoms with Gasteiger partial charge in [-0.05, 0) is 51.8 Å². The highest BCUT2D eigenvalue weighted by molar-refractivity contribution is 6.00. The summed E-state index contributed by atoms with van der Waals surface area (Å²) in [7, 11) is 0. The van der Waals surface area contributed by atoms with Gasteiger partial charge in [-0.15, -0.1) is 0 Å². The second-order valence-electron chi connectivity index (χ2n) is 5.83. The lowest BCUT2D eigenvalue weighted by Crippen LogP contribution is -2.33. The second-order valence-corrected chi connectivity index (χ2v) is 5.83. The van der Waals surface area contributed by atoms with Gasteiger partial charge in [-0.1, -0.05) is 17.7 Å². The van der Waals surface area contributed by atoms with Crippen molar-refractivity contribution in [3.8, 4) is 0 Å². The number of carbonyl (C=O) groups is 2. The van der Waals surface area contributed by atoms with Gasteiger partial charge >= 0.3 is 0 Å². The van der Waals surface area contributed by atoms with Gasteiger partial charge in [0.05, 0.1) is 12.1 Å². The molecule has 0 saturated heterocycles. The zero-order valence-corrected chi connectivity index (χ0v) is 14.2. The number of nitrogens with one attached hydrogen (secondary N) is 2. The van der Waals surface area contributed by atoms with E-state index in [-0.39, 0.29) is 18.4 Å². The predicted molar refractivity (Wildman–Crippen MR) is 89.8 cm³/mol. The van der Waals surface area contributed by atoms with Crippen LogP contribution in [0.2, 0.25) is 0 Å². The van der Waals surface area contributed by atoms with Crippen molar-refractivity contribution < 1.29 is 14.0 Å². The van der Waals surface area contributed by atoms with Crippen LogP contribution in [0.3, 0.4) is 0 Å². The molecule has 1 aromatic carbocycles. The molecule has 0 saturated carbocycles. The number of furan rings is 1. The Kier molecular flexibility index (Phi) is 4.89. The highest BCUT2D eigenvalue weighted by Crippen LogP contribution is 2.21. The molecule has 2 aromatic rings. The first-order valence-electron chi connectivity index (χ1n) is 7.51. The summed E-state index contributed by atoms with van der Waals surface area (Å²) in [6.45, 7) is 9.33. The maximum atomic E-state index is 12.1. The van der Waals surface area contributed by atoms with Crippen molar-refractivity contribution in [1.29, 1.82) is 0 Å². The molecule has 122 valence electrons. The van der Waals surface area contributed by atoms with Crippen LogP contribution in [0.5, 0.6) is 0 Å². The number of carbonyl (C=O) groups excluding carboxylic acids is 2. The molecule has 2 N–H and O–H groups in total. The molecule has 1 heterocycles. The molecule has 2 rings (SSSR count). The van der Waals surface area contributed by atoms with Gasteiger partial charge in [0.1, 0.15) is 11.5 Å². The number of aryl methyl sites for hydroxylation is 5. The van der Waals surface area contributed by atoms with E-state index >= 15 is 0 Å². The van der Waals surface area contributed by atoms with Crippen LogP contribution in [0.4, 0.5) is 5.69 Å². The molecule has 2 amide bonds. The number of benzene rings is 1. The van der Waals surface area contributed by atoms with Crippen LogP contribution in [0.15, 0.2) is 22.6 Å². The summed E-state index contributed by atoms with van der Waals surface area (Å²) in [6.07, 6.45) is 0. The second kappa shape index (κ2) is 6.69. The molecule has 5 nitrogen and oxygen atoms in total. The Labute approximate surface area is 136 Å². The summed E-state index contributed by atoms with van der Waals surface area (Å²) in [4.78, 5) is 24.1. The zero-order valence-electron chi connectivity index (χ0n) is 14.2. The molecule has 0 aliphatic heterocycles. The summed E-state index contributed by atoms with van der Waals surface area (Å²) in [5, 5.41) is 5.47. The van der Waals surface area contributed by atoms with E-state index in [0.29, 0.717) is 17.1 Å². The lowest BCUT2D eigenvalue weighted by atomic mass is 10.1. The van der Waals surface area contributed by atoms with Gasteiger partial charge in [0.2, 0.25) is 5.91 Å². The fourth-order valence-corrected chi connectivity index (χ4v) is 2.67. The van der Waals surface area contributed by atoms with E-state index in [9.17, 15) is 9.59 Å². The highest BCUT2D eigenvalue weighted by Gasteiger charge is 2.15. The number of hydrogen-bond donors (Lipinski definition) is 2. The van der Waals surface area contributed by atoms with Crippen LogP contribution in [0.1, 0.15) is 38.6 Å². The van der Waals surface area contributed by atoms with Crippen molar-refractivity contribution in [3.63, 3.8) is 0 Å². The van der Waals surface area contributed by atoms with Crippen LogP contribution < -0.4 is 10.6 Å². The van der Waals surface area contributed by atoms with Crippen LogP contribution in [-0.4, -0.2) is 18.4 Å². The Hall–Kier alpha value is -2.56. The van der Waals surface area contributed by atoms with Crippen molar-refractivity contribution in [2.75, 3.05) is 11.9 Å². The van der Waals surface area contributed by atoms with E-state index in [1.54, 1.807) is 19.9 Å². The molecule has 0 aliphatic carbocycles. The first-order valence-corrected chi connectivity index (χ1v) is 7.51. The van der Waals surface area contributed by atoms with Crippen molar-refractivity contribution in [2.45, 2.75) is 34.6 Å². The number of amides is 2. The van der Waals surface area contributed by atoms with Crippen LogP contribution in [0.25, 0.3) is 0 Å². The quantitative estimate of drug-likeness (QED) is 0.910. The summed E-state index contributed by atoms with van der Waals surface area (Å²) in [6, 6.07) is 5.69. The van der Waals surface area contributed by atoms with Gasteiger partial charge in [0.15, 0.2) is 0 Å². The Morgan fingerprint density at radius 3 is 2.13 bits per heavy atom. The molecule has 0 radical (unpaired) electrons. The van der Waals surface area contributed by atoms with E-state index in [1.807, 2.05) is 32.9 Å². The molecule has 0 unspecified atom stereocenters. The Balaban J connectivity index is 1.98. The predicted octanol–water partition coefficient (Wildman–Crippen LogP) is 3.19. The number of rotatable bonds is 4. The summed E-state index contributed by atoms with van der Waals surface area (Å²) in [5.41, 5.74) is 4.41. The minimum absolute atomic E-state index is 0.0880. The van der Waals surface area contributed by atoms with E-state index in [4.69, 9.17) is 4.42 Å². The standard InChI is InChI=1S/C18H22N2O3/c1-10-6-11(2)17(12(3)7-10)20-16(21)9-19-18(22)15-8-13(4)23-14(15)5/h6-8H,9H2,1-5H3,(H,19,22)(H,20,21). The third-order valence-electron chi connectivity index (χ3n) is 3.64. The monoisotopic (exact) mass is 314 g/mol. The Morgan fingerprint density at radius 2 is 1.61 bits per heavy atom. The minimum atomic E-state index is -0.313. The molecule has 0 aliphatic rings. The SMILES string of the molecule is Cc1cc(C)c(NC(=O)CNC(=O)c2cc(C)oc2C)c(C)c1. The van der Waals surface area contributed by atoms with E-state index < -0.39 is 0 Å².